The molecule has 2 aromatic carbocycles. The van der Waals surface area contributed by atoms with Gasteiger partial charge in [-0.3, -0.25) is 4.79 Å². The second-order valence-corrected chi connectivity index (χ2v) is 5.66. The van der Waals surface area contributed by atoms with E-state index in [1.807, 2.05) is 49.4 Å². The molecule has 0 fully saturated rings. The van der Waals surface area contributed by atoms with Gasteiger partial charge in [-0.15, -0.1) is 0 Å². The van der Waals surface area contributed by atoms with Gasteiger partial charge in [-0.1, -0.05) is 42.0 Å². The molecule has 0 saturated heterocycles. The minimum Gasteiger partial charge on any atom is -0.384 e. The van der Waals surface area contributed by atoms with Crippen molar-refractivity contribution < 1.29 is 9.90 Å². The number of benzene rings is 2. The van der Waals surface area contributed by atoms with Gasteiger partial charge < -0.3 is 10.0 Å². The predicted octanol–water partition coefficient (Wildman–Crippen LogP) is 2.99. The highest BCUT2D eigenvalue weighted by molar-refractivity contribution is 5.95. The van der Waals surface area contributed by atoms with Crippen molar-refractivity contribution >= 4 is 11.6 Å². The molecule has 1 unspecified atom stereocenters. The highest BCUT2D eigenvalue weighted by atomic mass is 16.3. The van der Waals surface area contributed by atoms with Gasteiger partial charge in [-0.05, 0) is 36.1 Å². The van der Waals surface area contributed by atoms with Crippen molar-refractivity contribution in [3.63, 3.8) is 0 Å². The van der Waals surface area contributed by atoms with Crippen LogP contribution in [0.1, 0.15) is 34.8 Å². The highest BCUT2D eigenvalue weighted by Gasteiger charge is 2.22. The zero-order valence-corrected chi connectivity index (χ0v) is 12.3. The van der Waals surface area contributed by atoms with Crippen LogP contribution < -0.4 is 4.90 Å². The molecule has 1 heterocycles. The van der Waals surface area contributed by atoms with E-state index in [0.29, 0.717) is 6.42 Å². The van der Waals surface area contributed by atoms with Crippen molar-refractivity contribution in [3.8, 4) is 0 Å². The maximum Gasteiger partial charge on any atom is 0.227 e. The lowest BCUT2D eigenvalue weighted by molar-refractivity contribution is -0.118. The summed E-state index contributed by atoms with van der Waals surface area (Å²) < 4.78 is 0. The molecule has 1 atom stereocenters. The summed E-state index contributed by atoms with van der Waals surface area (Å²) in [6.45, 7) is 2.02. The van der Waals surface area contributed by atoms with Crippen LogP contribution >= 0.6 is 0 Å². The van der Waals surface area contributed by atoms with Gasteiger partial charge in [0.1, 0.15) is 6.10 Å². The predicted molar refractivity (Wildman–Crippen MR) is 83.4 cm³/mol. The number of carbonyl (C=O) groups excluding carboxylic acids is 1. The van der Waals surface area contributed by atoms with Gasteiger partial charge in [0.2, 0.25) is 5.91 Å². The molecule has 3 heteroatoms. The number of rotatable bonds is 2. The molecule has 1 aliphatic heterocycles. The summed E-state index contributed by atoms with van der Waals surface area (Å²) in [6, 6.07) is 13.8. The monoisotopic (exact) mass is 281 g/mol. The lowest BCUT2D eigenvalue weighted by Crippen LogP contribution is -2.31. The molecule has 0 aliphatic carbocycles. The third-order valence-electron chi connectivity index (χ3n) is 4.12. The Hall–Kier alpha value is -2.13. The van der Waals surface area contributed by atoms with Crippen molar-refractivity contribution in [1.82, 2.24) is 0 Å². The summed E-state index contributed by atoms with van der Waals surface area (Å²) >= 11 is 0. The van der Waals surface area contributed by atoms with E-state index in [-0.39, 0.29) is 5.91 Å². The van der Waals surface area contributed by atoms with Gasteiger partial charge in [0.15, 0.2) is 0 Å². The minimum absolute atomic E-state index is 0.148. The Kier molecular flexibility index (Phi) is 3.52. The molecule has 2 aromatic rings. The molecule has 108 valence electrons. The number of hydrogen-bond acceptors (Lipinski definition) is 2. The SMILES string of the molecule is Cc1cccc(C(O)c2ccc3c(c2)CCC(=O)N3C)c1. The number of carbonyl (C=O) groups is 1. The molecule has 0 radical (unpaired) electrons. The van der Waals surface area contributed by atoms with Gasteiger partial charge in [0, 0.05) is 19.2 Å². The number of anilines is 1. The molecule has 0 aromatic heterocycles. The smallest absolute Gasteiger partial charge is 0.227 e. The van der Waals surface area contributed by atoms with E-state index < -0.39 is 6.10 Å². The Morgan fingerprint density at radius 2 is 1.86 bits per heavy atom. The Balaban J connectivity index is 1.95. The van der Waals surface area contributed by atoms with Crippen LogP contribution in [0.15, 0.2) is 42.5 Å². The fourth-order valence-electron chi connectivity index (χ4n) is 2.88. The first kappa shape index (κ1) is 13.8. The van der Waals surface area contributed by atoms with E-state index in [2.05, 4.69) is 0 Å². The van der Waals surface area contributed by atoms with Crippen LogP contribution in [0.4, 0.5) is 5.69 Å². The topological polar surface area (TPSA) is 40.5 Å². The number of fused-ring (bicyclic) bond motifs is 1. The molecule has 0 bridgehead atoms. The maximum absolute atomic E-state index is 11.7. The second kappa shape index (κ2) is 5.34. The van der Waals surface area contributed by atoms with Crippen LogP contribution in [0.5, 0.6) is 0 Å². The fourth-order valence-corrected chi connectivity index (χ4v) is 2.88. The first-order chi connectivity index (χ1) is 10.1. The summed E-state index contributed by atoms with van der Waals surface area (Å²) in [5.74, 6) is 0.148. The number of aliphatic hydroxyl groups is 1. The Morgan fingerprint density at radius 3 is 2.62 bits per heavy atom. The summed E-state index contributed by atoms with van der Waals surface area (Å²) in [7, 11) is 1.80. The standard InChI is InChI=1S/C18H19NO2/c1-12-4-3-5-14(10-12)18(21)15-6-8-16-13(11-15)7-9-17(20)19(16)2/h3-6,8,10-11,18,21H,7,9H2,1-2H3. The third kappa shape index (κ3) is 2.57. The molecule has 1 N–H and O–H groups in total. The highest BCUT2D eigenvalue weighted by Crippen LogP contribution is 2.31. The Bertz CT molecular complexity index is 693. The van der Waals surface area contributed by atoms with E-state index in [1.165, 1.54) is 0 Å². The lowest BCUT2D eigenvalue weighted by Gasteiger charge is -2.26. The van der Waals surface area contributed by atoms with Gasteiger partial charge in [0.25, 0.3) is 0 Å². The molecule has 21 heavy (non-hydrogen) atoms. The first-order valence-corrected chi connectivity index (χ1v) is 7.20. The number of aliphatic hydroxyl groups excluding tert-OH is 1. The van der Waals surface area contributed by atoms with Gasteiger partial charge in [-0.2, -0.15) is 0 Å². The van der Waals surface area contributed by atoms with Crippen LogP contribution in [-0.4, -0.2) is 18.1 Å². The van der Waals surface area contributed by atoms with Crippen LogP contribution in [0.3, 0.4) is 0 Å². The first-order valence-electron chi connectivity index (χ1n) is 7.20. The van der Waals surface area contributed by atoms with E-state index in [9.17, 15) is 9.90 Å². The van der Waals surface area contributed by atoms with Crippen molar-refractivity contribution in [2.75, 3.05) is 11.9 Å². The molecular weight excluding hydrogens is 262 g/mol. The third-order valence-corrected chi connectivity index (χ3v) is 4.12. The molecular formula is C18H19NO2. The molecule has 3 nitrogen and oxygen atoms in total. The maximum atomic E-state index is 11.7. The lowest BCUT2D eigenvalue weighted by atomic mass is 9.94. The number of nitrogens with zero attached hydrogens (tertiary/aromatic N) is 1. The Morgan fingerprint density at radius 1 is 1.10 bits per heavy atom. The second-order valence-electron chi connectivity index (χ2n) is 5.66. The largest absolute Gasteiger partial charge is 0.384 e. The summed E-state index contributed by atoms with van der Waals surface area (Å²) in [4.78, 5) is 13.4. The van der Waals surface area contributed by atoms with E-state index in [4.69, 9.17) is 0 Å². The summed E-state index contributed by atoms with van der Waals surface area (Å²) in [6.07, 6.45) is 0.651. The average Bonchev–Trinajstić information content (AvgIpc) is 2.50. The quantitative estimate of drug-likeness (QED) is 0.919. The molecule has 0 saturated carbocycles. The van der Waals surface area contributed by atoms with Crippen LogP contribution in [0.2, 0.25) is 0 Å². The normalized spacial score (nSPS) is 15.8. The molecule has 0 spiro atoms. The van der Waals surface area contributed by atoms with Crippen molar-refractivity contribution in [2.45, 2.75) is 25.9 Å². The zero-order chi connectivity index (χ0) is 15.0. The van der Waals surface area contributed by atoms with Crippen molar-refractivity contribution in [3.05, 3.63) is 64.7 Å². The summed E-state index contributed by atoms with van der Waals surface area (Å²) in [5.41, 5.74) is 4.99. The number of aryl methyl sites for hydroxylation is 2. The van der Waals surface area contributed by atoms with Crippen LogP contribution in [-0.2, 0) is 11.2 Å². The molecule has 3 rings (SSSR count). The van der Waals surface area contributed by atoms with E-state index >= 15 is 0 Å². The molecule has 1 aliphatic rings. The fraction of sp³-hybridized carbons (Fsp3) is 0.278. The zero-order valence-electron chi connectivity index (χ0n) is 12.3. The number of amides is 1. The van der Waals surface area contributed by atoms with Crippen LogP contribution in [0.25, 0.3) is 0 Å². The number of hydrogen-bond donors (Lipinski definition) is 1. The van der Waals surface area contributed by atoms with Gasteiger partial charge in [-0.25, -0.2) is 0 Å². The van der Waals surface area contributed by atoms with E-state index in [0.717, 1.165) is 34.4 Å². The van der Waals surface area contributed by atoms with Gasteiger partial charge >= 0.3 is 0 Å². The average molecular weight is 281 g/mol. The summed E-state index contributed by atoms with van der Waals surface area (Å²) in [5, 5.41) is 10.6. The Labute approximate surface area is 124 Å². The van der Waals surface area contributed by atoms with Crippen molar-refractivity contribution in [1.29, 1.82) is 0 Å². The van der Waals surface area contributed by atoms with Gasteiger partial charge in [0.05, 0.1) is 0 Å². The van der Waals surface area contributed by atoms with E-state index in [1.54, 1.807) is 11.9 Å². The van der Waals surface area contributed by atoms with Crippen LogP contribution in [0, 0.1) is 6.92 Å². The minimum atomic E-state index is -0.627. The molecule has 1 amide bonds. The van der Waals surface area contributed by atoms with Crippen molar-refractivity contribution in [2.24, 2.45) is 0 Å².